The van der Waals surface area contributed by atoms with Crippen LogP contribution in [0.1, 0.15) is 0 Å². The van der Waals surface area contributed by atoms with Crippen molar-refractivity contribution in [1.29, 1.82) is 10.5 Å². The van der Waals surface area contributed by atoms with Gasteiger partial charge in [-0.05, 0) is 0 Å². The molecular weight excluding hydrogens is 128 g/mol. The molecule has 2 N–H and O–H groups in total. The molecule has 4 nitrogen and oxygen atoms in total. The number of hydrogen-bond donors (Lipinski definition) is 2. The molecule has 10 heavy (non-hydrogen) atoms. The Balaban J connectivity index is -0.0000000787. The molecule has 0 heterocycles. The van der Waals surface area contributed by atoms with Gasteiger partial charge in [-0.1, -0.05) is 0 Å². The highest BCUT2D eigenvalue weighted by molar-refractivity contribution is 4.56. The first kappa shape index (κ1) is 15.8. The molecule has 0 unspecified atom stereocenters. The third-order valence-corrected chi connectivity index (χ3v) is 0.224. The fourth-order valence-corrected chi connectivity index (χ4v) is 0. The Morgan fingerprint density at radius 1 is 1.00 bits per heavy atom. The number of rotatable bonds is 0. The molecule has 56 valence electrons. The fraction of sp³-hybridized carbons (Fsp3) is 0.333. The van der Waals surface area contributed by atoms with Gasteiger partial charge >= 0.3 is 0 Å². The van der Waals surface area contributed by atoms with Crippen molar-refractivity contribution in [2.75, 3.05) is 14.1 Å². The van der Waals surface area contributed by atoms with E-state index in [4.69, 9.17) is 10.5 Å². The summed E-state index contributed by atoms with van der Waals surface area (Å²) in [5, 5.41) is 19.5. The number of hydrogen-bond acceptors (Lipinski definition) is 4. The Labute approximate surface area is 61.8 Å². The number of nitriles is 2. The van der Waals surface area contributed by atoms with Gasteiger partial charge in [-0.25, -0.2) is 0 Å². The Morgan fingerprint density at radius 2 is 1.10 bits per heavy atom. The van der Waals surface area contributed by atoms with Crippen molar-refractivity contribution in [2.45, 2.75) is 0 Å². The maximum atomic E-state index is 7.51. The van der Waals surface area contributed by atoms with Crippen LogP contribution in [0.5, 0.6) is 0 Å². The van der Waals surface area contributed by atoms with Crippen LogP contribution in [0.3, 0.4) is 0 Å². The quantitative estimate of drug-likeness (QED) is 0.286. The van der Waals surface area contributed by atoms with Gasteiger partial charge in [-0.15, -0.1) is 13.2 Å². The standard InChI is InChI=1S/2C2H4N2.C2H4/c2*1-4-2-3;1-2/h2*4H,1H3;1-2H2. The molecule has 0 saturated carbocycles. The van der Waals surface area contributed by atoms with E-state index >= 15 is 0 Å². The van der Waals surface area contributed by atoms with Crippen LogP contribution in [0.25, 0.3) is 0 Å². The second kappa shape index (κ2) is 54.3. The van der Waals surface area contributed by atoms with Gasteiger partial charge in [0, 0.05) is 14.1 Å². The van der Waals surface area contributed by atoms with E-state index in [-0.39, 0.29) is 0 Å². The molecule has 0 aliphatic rings. The van der Waals surface area contributed by atoms with Crippen molar-refractivity contribution < 1.29 is 0 Å². The van der Waals surface area contributed by atoms with Crippen LogP contribution >= 0.6 is 0 Å². The van der Waals surface area contributed by atoms with Crippen molar-refractivity contribution in [2.24, 2.45) is 0 Å². The van der Waals surface area contributed by atoms with Gasteiger partial charge in [0.05, 0.1) is 0 Å². The summed E-state index contributed by atoms with van der Waals surface area (Å²) < 4.78 is 0. The zero-order valence-corrected chi connectivity index (χ0v) is 6.31. The molecule has 0 atom stereocenters. The highest BCUT2D eigenvalue weighted by Crippen LogP contribution is 1.17. The van der Waals surface area contributed by atoms with Crippen LogP contribution in [-0.2, 0) is 0 Å². The van der Waals surface area contributed by atoms with Gasteiger partial charge in [-0.2, -0.15) is 10.5 Å². The smallest absolute Gasteiger partial charge is 0.176 e. The van der Waals surface area contributed by atoms with Crippen LogP contribution in [0.4, 0.5) is 0 Å². The summed E-state index contributed by atoms with van der Waals surface area (Å²) in [6.45, 7) is 6.00. The first-order valence-corrected chi connectivity index (χ1v) is 2.45. The van der Waals surface area contributed by atoms with E-state index in [1.165, 1.54) is 0 Å². The average Bonchev–Trinajstić information content (AvgIpc) is 2.08. The lowest BCUT2D eigenvalue weighted by Gasteiger charge is -1.60. The Morgan fingerprint density at radius 3 is 1.10 bits per heavy atom. The van der Waals surface area contributed by atoms with Gasteiger partial charge in [0.15, 0.2) is 12.4 Å². The fourth-order valence-electron chi connectivity index (χ4n) is 0. The SMILES string of the molecule is C=C.CNC#N.CNC#N. The third kappa shape index (κ3) is 1750. The minimum absolute atomic E-state index is 1.57. The molecular formula is C6H12N4. The average molecular weight is 140 g/mol. The largest absolute Gasteiger partial charge is 0.327 e. The first-order chi connectivity index (χ1) is 4.83. The van der Waals surface area contributed by atoms with Crippen molar-refractivity contribution in [1.82, 2.24) is 10.6 Å². The second-order valence-corrected chi connectivity index (χ2v) is 0.724. The summed E-state index contributed by atoms with van der Waals surface area (Å²) in [4.78, 5) is 0. The molecule has 0 aliphatic carbocycles. The molecule has 0 aromatic heterocycles. The highest BCUT2D eigenvalue weighted by Gasteiger charge is 1.40. The van der Waals surface area contributed by atoms with Crippen LogP contribution < -0.4 is 10.6 Å². The van der Waals surface area contributed by atoms with Crippen LogP contribution in [0.2, 0.25) is 0 Å². The van der Waals surface area contributed by atoms with E-state index in [2.05, 4.69) is 23.8 Å². The Hall–Kier alpha value is -1.68. The molecule has 0 saturated heterocycles. The summed E-state index contributed by atoms with van der Waals surface area (Å²) in [6.07, 6.45) is 3.36. The molecule has 0 rings (SSSR count). The maximum Gasteiger partial charge on any atom is 0.176 e. The summed E-state index contributed by atoms with van der Waals surface area (Å²) in [7, 11) is 3.14. The molecule has 0 aliphatic heterocycles. The predicted octanol–water partition coefficient (Wildman–Crippen LogP) is 0.176. The summed E-state index contributed by atoms with van der Waals surface area (Å²) in [6, 6.07) is 0. The minimum Gasteiger partial charge on any atom is -0.327 e. The van der Waals surface area contributed by atoms with E-state index in [1.54, 1.807) is 26.5 Å². The minimum atomic E-state index is 1.57. The molecule has 0 fully saturated rings. The van der Waals surface area contributed by atoms with E-state index in [0.717, 1.165) is 0 Å². The number of nitrogens with one attached hydrogen (secondary N) is 2. The van der Waals surface area contributed by atoms with Gasteiger partial charge in [0.1, 0.15) is 0 Å². The second-order valence-electron chi connectivity index (χ2n) is 0.724. The lowest BCUT2D eigenvalue weighted by atomic mass is 11.2. The van der Waals surface area contributed by atoms with Crippen molar-refractivity contribution in [3.05, 3.63) is 13.2 Å². The molecule has 0 aromatic rings. The normalized spacial score (nSPS) is 3.60. The summed E-state index contributed by atoms with van der Waals surface area (Å²) in [5.41, 5.74) is 0. The molecule has 0 radical (unpaired) electrons. The maximum absolute atomic E-state index is 7.51. The Bertz CT molecular complexity index is 93.9. The van der Waals surface area contributed by atoms with Crippen molar-refractivity contribution in [3.8, 4) is 12.4 Å². The Kier molecular flexibility index (Phi) is 85.6. The topological polar surface area (TPSA) is 71.6 Å². The molecule has 0 bridgehead atoms. The monoisotopic (exact) mass is 140 g/mol. The van der Waals surface area contributed by atoms with Gasteiger partial charge in [0.25, 0.3) is 0 Å². The van der Waals surface area contributed by atoms with E-state index in [9.17, 15) is 0 Å². The summed E-state index contributed by atoms with van der Waals surface area (Å²) >= 11 is 0. The van der Waals surface area contributed by atoms with Gasteiger partial charge in [0.2, 0.25) is 0 Å². The van der Waals surface area contributed by atoms with Crippen molar-refractivity contribution >= 4 is 0 Å². The molecule has 0 aromatic carbocycles. The first-order valence-electron chi connectivity index (χ1n) is 2.45. The lowest BCUT2D eigenvalue weighted by Crippen LogP contribution is -1.89. The summed E-state index contributed by atoms with van der Waals surface area (Å²) in [5.74, 6) is 0. The van der Waals surface area contributed by atoms with Crippen LogP contribution in [-0.4, -0.2) is 14.1 Å². The van der Waals surface area contributed by atoms with Gasteiger partial charge in [-0.3, -0.25) is 0 Å². The third-order valence-electron chi connectivity index (χ3n) is 0.224. The van der Waals surface area contributed by atoms with E-state index < -0.39 is 0 Å². The predicted molar refractivity (Wildman–Crippen MR) is 40.6 cm³/mol. The molecule has 0 spiro atoms. The van der Waals surface area contributed by atoms with Crippen molar-refractivity contribution in [3.63, 3.8) is 0 Å². The highest BCUT2D eigenvalue weighted by atomic mass is 14.8. The zero-order valence-electron chi connectivity index (χ0n) is 6.31. The zero-order chi connectivity index (χ0) is 8.83. The van der Waals surface area contributed by atoms with E-state index in [0.29, 0.717) is 0 Å². The lowest BCUT2D eigenvalue weighted by molar-refractivity contribution is 1.11. The van der Waals surface area contributed by atoms with Gasteiger partial charge < -0.3 is 10.6 Å². The van der Waals surface area contributed by atoms with E-state index in [1.807, 2.05) is 0 Å². The number of nitrogens with zero attached hydrogens (tertiary/aromatic N) is 2. The van der Waals surface area contributed by atoms with Crippen LogP contribution in [0, 0.1) is 22.9 Å². The molecule has 4 heteroatoms. The molecule has 0 amide bonds. The van der Waals surface area contributed by atoms with Crippen LogP contribution in [0.15, 0.2) is 13.2 Å².